The van der Waals surface area contributed by atoms with Crippen molar-refractivity contribution < 1.29 is 19.3 Å². The van der Waals surface area contributed by atoms with Gasteiger partial charge in [-0.2, -0.15) is 0 Å². The van der Waals surface area contributed by atoms with Crippen molar-refractivity contribution in [3.8, 4) is 0 Å². The summed E-state index contributed by atoms with van der Waals surface area (Å²) in [6, 6.07) is 12.1. The predicted molar refractivity (Wildman–Crippen MR) is 102 cm³/mol. The fourth-order valence-corrected chi connectivity index (χ4v) is 3.39. The third-order valence-corrected chi connectivity index (χ3v) is 5.00. The van der Waals surface area contributed by atoms with Crippen LogP contribution in [0.1, 0.15) is 15.9 Å². The van der Waals surface area contributed by atoms with Crippen LogP contribution < -0.4 is 0 Å². The van der Waals surface area contributed by atoms with E-state index in [1.165, 1.54) is 24.3 Å². The lowest BCUT2D eigenvalue weighted by molar-refractivity contribution is -0.384. The highest BCUT2D eigenvalue weighted by Gasteiger charge is 2.36. The highest BCUT2D eigenvalue weighted by Crippen LogP contribution is 2.34. The highest BCUT2D eigenvalue weighted by molar-refractivity contribution is 8.18. The Morgan fingerprint density at radius 1 is 1.19 bits per heavy atom. The maximum absolute atomic E-state index is 12.5. The second-order valence-electron chi connectivity index (χ2n) is 5.52. The van der Waals surface area contributed by atoms with Crippen LogP contribution in [0.15, 0.2) is 53.4 Å². The molecule has 7 nitrogen and oxygen atoms in total. The number of rotatable bonds is 5. The molecule has 0 aromatic heterocycles. The second kappa shape index (κ2) is 7.73. The Morgan fingerprint density at radius 3 is 2.56 bits per heavy atom. The number of nitro benzene ring substituents is 1. The number of non-ortho nitro benzene ring substituents is 1. The molecule has 2 amide bonds. The average molecular weight is 403 g/mol. The predicted octanol–water partition coefficient (Wildman–Crippen LogP) is 4.17. The molecule has 2 aromatic rings. The van der Waals surface area contributed by atoms with Gasteiger partial charge < -0.3 is 0 Å². The summed E-state index contributed by atoms with van der Waals surface area (Å²) >= 11 is 6.68. The van der Waals surface area contributed by atoms with Crippen molar-refractivity contribution in [2.75, 3.05) is 6.54 Å². The number of imide groups is 1. The molecule has 0 aliphatic carbocycles. The Balaban J connectivity index is 1.84. The molecule has 1 saturated heterocycles. The van der Waals surface area contributed by atoms with E-state index in [1.807, 2.05) is 0 Å². The SMILES string of the molecule is O=C(CN1C(=O)S/C(=C\c2cc([N+](=O)[O-])ccc2Cl)C1=O)c1ccccc1. The van der Waals surface area contributed by atoms with Gasteiger partial charge in [0.25, 0.3) is 16.8 Å². The van der Waals surface area contributed by atoms with Crippen LogP contribution in [0.4, 0.5) is 10.5 Å². The van der Waals surface area contributed by atoms with Crippen molar-refractivity contribution in [3.05, 3.63) is 79.7 Å². The molecule has 1 aliphatic rings. The smallest absolute Gasteiger partial charge is 0.292 e. The van der Waals surface area contributed by atoms with Crippen LogP contribution in [-0.2, 0) is 4.79 Å². The standard InChI is InChI=1S/C18H11ClN2O5S/c19-14-7-6-13(21(25)26)8-12(14)9-16-17(23)20(18(24)27-16)10-15(22)11-4-2-1-3-5-11/h1-9H,10H2/b16-9-. The number of hydrogen-bond donors (Lipinski definition) is 0. The van der Waals surface area contributed by atoms with Crippen LogP contribution in [0.3, 0.4) is 0 Å². The van der Waals surface area contributed by atoms with E-state index in [-0.39, 0.29) is 33.5 Å². The third kappa shape index (κ3) is 4.07. The number of benzene rings is 2. The number of nitro groups is 1. The molecule has 0 saturated carbocycles. The van der Waals surface area contributed by atoms with Gasteiger partial charge in [0, 0.05) is 28.3 Å². The molecule has 1 fully saturated rings. The van der Waals surface area contributed by atoms with E-state index < -0.39 is 16.1 Å². The number of hydrogen-bond acceptors (Lipinski definition) is 6. The molecule has 1 heterocycles. The molecule has 3 rings (SSSR count). The largest absolute Gasteiger partial charge is 0.293 e. The van der Waals surface area contributed by atoms with Crippen LogP contribution >= 0.6 is 23.4 Å². The van der Waals surface area contributed by atoms with Crippen LogP contribution in [-0.4, -0.2) is 33.3 Å². The summed E-state index contributed by atoms with van der Waals surface area (Å²) in [6.07, 6.45) is 1.31. The lowest BCUT2D eigenvalue weighted by Gasteiger charge is -2.11. The molecule has 136 valence electrons. The summed E-state index contributed by atoms with van der Waals surface area (Å²) in [5.74, 6) is -1.01. The maximum atomic E-state index is 12.5. The fourth-order valence-electron chi connectivity index (χ4n) is 2.39. The van der Waals surface area contributed by atoms with E-state index in [2.05, 4.69) is 0 Å². The zero-order valence-electron chi connectivity index (χ0n) is 13.6. The second-order valence-corrected chi connectivity index (χ2v) is 6.92. The first-order chi connectivity index (χ1) is 12.9. The molecular formula is C18H11ClN2O5S. The van der Waals surface area contributed by atoms with E-state index >= 15 is 0 Å². The van der Waals surface area contributed by atoms with Crippen molar-refractivity contribution in [1.82, 2.24) is 4.90 Å². The first-order valence-electron chi connectivity index (χ1n) is 7.64. The van der Waals surface area contributed by atoms with Crippen molar-refractivity contribution >= 4 is 52.1 Å². The third-order valence-electron chi connectivity index (χ3n) is 3.75. The van der Waals surface area contributed by atoms with Crippen molar-refractivity contribution in [3.63, 3.8) is 0 Å². The van der Waals surface area contributed by atoms with E-state index in [4.69, 9.17) is 11.6 Å². The minimum Gasteiger partial charge on any atom is -0.292 e. The lowest BCUT2D eigenvalue weighted by atomic mass is 10.1. The summed E-state index contributed by atoms with van der Waals surface area (Å²) in [7, 11) is 0. The van der Waals surface area contributed by atoms with Gasteiger partial charge in [0.05, 0.1) is 16.4 Å². The van der Waals surface area contributed by atoms with Crippen LogP contribution in [0.25, 0.3) is 6.08 Å². The summed E-state index contributed by atoms with van der Waals surface area (Å²) in [5.41, 5.74) is 0.442. The van der Waals surface area contributed by atoms with Crippen molar-refractivity contribution in [2.45, 2.75) is 0 Å². The summed E-state index contributed by atoms with van der Waals surface area (Å²) in [4.78, 5) is 48.1. The van der Waals surface area contributed by atoms with E-state index in [0.29, 0.717) is 17.3 Å². The number of amides is 2. The molecule has 0 N–H and O–H groups in total. The number of carbonyl (C=O) groups excluding carboxylic acids is 3. The molecule has 0 spiro atoms. The molecule has 0 unspecified atom stereocenters. The minimum atomic E-state index is -0.642. The fraction of sp³-hybridized carbons (Fsp3) is 0.0556. The van der Waals surface area contributed by atoms with Gasteiger partial charge in [0.2, 0.25) is 0 Å². The topological polar surface area (TPSA) is 97.6 Å². The highest BCUT2D eigenvalue weighted by atomic mass is 35.5. The van der Waals surface area contributed by atoms with Crippen LogP contribution in [0, 0.1) is 10.1 Å². The Hall–Kier alpha value is -2.97. The monoisotopic (exact) mass is 402 g/mol. The Labute approximate surface area is 162 Å². The Kier molecular flexibility index (Phi) is 5.38. The Morgan fingerprint density at radius 2 is 1.89 bits per heavy atom. The minimum absolute atomic E-state index is 0.0447. The number of thioether (sulfide) groups is 1. The van der Waals surface area contributed by atoms with Gasteiger partial charge in [-0.3, -0.25) is 29.4 Å². The molecule has 27 heavy (non-hydrogen) atoms. The number of halogens is 1. The van der Waals surface area contributed by atoms with E-state index in [1.54, 1.807) is 30.3 Å². The van der Waals surface area contributed by atoms with Gasteiger partial charge >= 0.3 is 0 Å². The molecule has 1 aliphatic heterocycles. The molecule has 0 atom stereocenters. The summed E-state index contributed by atoms with van der Waals surface area (Å²) in [6.45, 7) is -0.380. The molecule has 0 bridgehead atoms. The zero-order chi connectivity index (χ0) is 19.6. The van der Waals surface area contributed by atoms with Gasteiger partial charge in [-0.25, -0.2) is 0 Å². The summed E-state index contributed by atoms with van der Waals surface area (Å²) in [5, 5.41) is 10.5. The van der Waals surface area contributed by atoms with Crippen molar-refractivity contribution in [2.24, 2.45) is 0 Å². The lowest BCUT2D eigenvalue weighted by Crippen LogP contribution is -2.33. The molecular weight excluding hydrogens is 392 g/mol. The molecule has 9 heteroatoms. The normalized spacial score (nSPS) is 15.4. The van der Waals surface area contributed by atoms with Gasteiger partial charge in [0.1, 0.15) is 0 Å². The molecule has 0 radical (unpaired) electrons. The van der Waals surface area contributed by atoms with Gasteiger partial charge in [-0.1, -0.05) is 41.9 Å². The molecule has 2 aromatic carbocycles. The van der Waals surface area contributed by atoms with Gasteiger partial charge in [0.15, 0.2) is 5.78 Å². The van der Waals surface area contributed by atoms with Crippen LogP contribution in [0.5, 0.6) is 0 Å². The van der Waals surface area contributed by atoms with Crippen molar-refractivity contribution in [1.29, 1.82) is 0 Å². The van der Waals surface area contributed by atoms with Gasteiger partial charge in [-0.05, 0) is 23.9 Å². The first kappa shape index (κ1) is 18.8. The van der Waals surface area contributed by atoms with E-state index in [9.17, 15) is 24.5 Å². The van der Waals surface area contributed by atoms with Crippen LogP contribution in [0.2, 0.25) is 5.02 Å². The number of Topliss-reactive ketones (excluding diaryl/α,β-unsaturated/α-hetero) is 1. The number of nitrogens with zero attached hydrogens (tertiary/aromatic N) is 2. The zero-order valence-corrected chi connectivity index (χ0v) is 15.2. The average Bonchev–Trinajstić information content (AvgIpc) is 2.91. The first-order valence-corrected chi connectivity index (χ1v) is 8.84. The quantitative estimate of drug-likeness (QED) is 0.322. The van der Waals surface area contributed by atoms with Gasteiger partial charge in [-0.15, -0.1) is 0 Å². The number of ketones is 1. The van der Waals surface area contributed by atoms with E-state index in [0.717, 1.165) is 4.90 Å². The maximum Gasteiger partial charge on any atom is 0.293 e. The summed E-state index contributed by atoms with van der Waals surface area (Å²) < 4.78 is 0. The number of carbonyl (C=O) groups is 3. The Bertz CT molecular complexity index is 991.